The van der Waals surface area contributed by atoms with Crippen LogP contribution in [0.3, 0.4) is 0 Å². The van der Waals surface area contributed by atoms with Crippen LogP contribution in [0.15, 0.2) is 24.3 Å². The van der Waals surface area contributed by atoms with Gasteiger partial charge in [0.25, 0.3) is 0 Å². The summed E-state index contributed by atoms with van der Waals surface area (Å²) < 4.78 is 11.7. The molecule has 220 valence electrons. The van der Waals surface area contributed by atoms with Gasteiger partial charge in [-0.25, -0.2) is 0 Å². The van der Waals surface area contributed by atoms with Crippen molar-refractivity contribution in [1.29, 1.82) is 0 Å². The predicted molar refractivity (Wildman–Crippen MR) is 157 cm³/mol. The molecular formula is C35H56O4. The second kappa shape index (κ2) is 11.3. The van der Waals surface area contributed by atoms with Crippen molar-refractivity contribution in [3.8, 4) is 5.75 Å². The summed E-state index contributed by atoms with van der Waals surface area (Å²) in [6, 6.07) is 8.14. The van der Waals surface area contributed by atoms with Gasteiger partial charge in [-0.1, -0.05) is 66.0 Å². The van der Waals surface area contributed by atoms with E-state index in [4.69, 9.17) is 9.47 Å². The van der Waals surface area contributed by atoms with Gasteiger partial charge in [0.2, 0.25) is 0 Å². The van der Waals surface area contributed by atoms with Crippen LogP contribution in [0.5, 0.6) is 5.75 Å². The molecule has 4 aliphatic carbocycles. The van der Waals surface area contributed by atoms with E-state index in [0.717, 1.165) is 43.8 Å². The molecule has 1 aromatic carbocycles. The largest absolute Gasteiger partial charge is 0.497 e. The zero-order valence-electron chi connectivity index (χ0n) is 25.6. The van der Waals surface area contributed by atoms with Gasteiger partial charge in [-0.3, -0.25) is 0 Å². The maximum absolute atomic E-state index is 12.6. The highest BCUT2D eigenvalue weighted by atomic mass is 16.5. The Hall–Kier alpha value is -1.10. The molecule has 0 heterocycles. The molecule has 10 atom stereocenters. The van der Waals surface area contributed by atoms with Crippen molar-refractivity contribution in [3.05, 3.63) is 29.8 Å². The van der Waals surface area contributed by atoms with Crippen LogP contribution in [0, 0.1) is 46.3 Å². The number of aliphatic hydroxyl groups excluding tert-OH is 1. The molecule has 2 N–H and O–H groups in total. The molecule has 0 spiro atoms. The van der Waals surface area contributed by atoms with Gasteiger partial charge < -0.3 is 19.7 Å². The van der Waals surface area contributed by atoms with Crippen LogP contribution < -0.4 is 4.74 Å². The van der Waals surface area contributed by atoms with Gasteiger partial charge in [0.15, 0.2) is 0 Å². The Morgan fingerprint density at radius 1 is 0.897 bits per heavy atom. The summed E-state index contributed by atoms with van der Waals surface area (Å²) in [5.74, 6) is 3.82. The number of rotatable bonds is 9. The van der Waals surface area contributed by atoms with Crippen LogP contribution in [-0.2, 0) is 11.3 Å². The summed E-state index contributed by atoms with van der Waals surface area (Å²) in [7, 11) is 1.69. The Morgan fingerprint density at radius 2 is 1.59 bits per heavy atom. The average Bonchev–Trinajstić information content (AvgIpc) is 3.27. The Bertz CT molecular complexity index is 960. The molecule has 0 amide bonds. The molecule has 5 rings (SSSR count). The molecular weight excluding hydrogens is 484 g/mol. The highest BCUT2D eigenvalue weighted by Gasteiger charge is 2.69. The molecule has 1 aromatic rings. The molecule has 4 aliphatic rings. The lowest BCUT2D eigenvalue weighted by molar-refractivity contribution is -0.272. The van der Waals surface area contributed by atoms with Gasteiger partial charge in [-0.05, 0) is 115 Å². The number of fused-ring (bicyclic) bond motifs is 5. The second-order valence-electron chi connectivity index (χ2n) is 15.0. The van der Waals surface area contributed by atoms with Crippen molar-refractivity contribution >= 4 is 0 Å². The van der Waals surface area contributed by atoms with Crippen molar-refractivity contribution in [2.75, 3.05) is 7.11 Å². The van der Waals surface area contributed by atoms with Crippen LogP contribution in [0.25, 0.3) is 0 Å². The van der Waals surface area contributed by atoms with Gasteiger partial charge in [0.05, 0.1) is 31.5 Å². The lowest BCUT2D eigenvalue weighted by Gasteiger charge is -2.66. The zero-order valence-corrected chi connectivity index (χ0v) is 25.6. The minimum Gasteiger partial charge on any atom is -0.497 e. The lowest BCUT2D eigenvalue weighted by atomic mass is 9.42. The lowest BCUT2D eigenvalue weighted by Crippen LogP contribution is -2.69. The quantitative estimate of drug-likeness (QED) is 0.336. The number of ether oxygens (including phenoxy) is 2. The second-order valence-corrected chi connectivity index (χ2v) is 15.0. The third-order valence-electron chi connectivity index (χ3n) is 12.6. The smallest absolute Gasteiger partial charge is 0.118 e. The fourth-order valence-corrected chi connectivity index (χ4v) is 10.4. The number of hydrogen-bond donors (Lipinski definition) is 2. The summed E-state index contributed by atoms with van der Waals surface area (Å²) in [5.41, 5.74) is 0.450. The highest BCUT2D eigenvalue weighted by molar-refractivity contribution is 5.26. The Labute approximate surface area is 238 Å². The van der Waals surface area contributed by atoms with Crippen molar-refractivity contribution < 1.29 is 19.7 Å². The van der Waals surface area contributed by atoms with Crippen molar-refractivity contribution in [3.63, 3.8) is 0 Å². The minimum atomic E-state index is -0.943. The molecule has 39 heavy (non-hydrogen) atoms. The summed E-state index contributed by atoms with van der Waals surface area (Å²) in [6.45, 7) is 12.7. The van der Waals surface area contributed by atoms with Crippen LogP contribution in [0.2, 0.25) is 0 Å². The third kappa shape index (κ3) is 5.21. The number of aliphatic hydroxyl groups is 2. The van der Waals surface area contributed by atoms with E-state index in [2.05, 4.69) is 46.8 Å². The average molecular weight is 541 g/mol. The van der Waals surface area contributed by atoms with Gasteiger partial charge in [-0.2, -0.15) is 0 Å². The Kier molecular flexibility index (Phi) is 8.51. The van der Waals surface area contributed by atoms with Crippen LogP contribution in [0.4, 0.5) is 0 Å². The SMILES string of the molecule is COc1ccc(CO[C@@H]2CC[C@@]3(C)[C@H](C2)C[C@@H](O)[C@@]2(O)[C@@H]3CC[C@]3(C)[C@@H]([C@H](C)CCCC(C)C)CC[C@H]32)cc1. The first-order chi connectivity index (χ1) is 18.5. The summed E-state index contributed by atoms with van der Waals surface area (Å²) >= 11 is 0. The van der Waals surface area contributed by atoms with Gasteiger partial charge in [0, 0.05) is 0 Å². The van der Waals surface area contributed by atoms with E-state index >= 15 is 0 Å². The van der Waals surface area contributed by atoms with Gasteiger partial charge in [-0.15, -0.1) is 0 Å². The highest BCUT2D eigenvalue weighted by Crippen LogP contribution is 2.70. The van der Waals surface area contributed by atoms with E-state index in [9.17, 15) is 10.2 Å². The zero-order chi connectivity index (χ0) is 28.0. The first-order valence-corrected chi connectivity index (χ1v) is 16.2. The van der Waals surface area contributed by atoms with E-state index in [1.807, 2.05) is 12.1 Å². The number of benzene rings is 1. The number of methoxy groups -OCH3 is 1. The molecule has 4 heteroatoms. The summed E-state index contributed by atoms with van der Waals surface area (Å²) in [6.07, 6.45) is 11.9. The first kappa shape index (κ1) is 29.4. The molecule has 0 bridgehead atoms. The van der Waals surface area contributed by atoms with E-state index < -0.39 is 11.7 Å². The van der Waals surface area contributed by atoms with Crippen molar-refractivity contribution in [2.24, 2.45) is 46.3 Å². The first-order valence-electron chi connectivity index (χ1n) is 16.2. The van der Waals surface area contributed by atoms with Gasteiger partial charge >= 0.3 is 0 Å². The van der Waals surface area contributed by atoms with Crippen LogP contribution in [0.1, 0.15) is 111 Å². The molecule has 0 radical (unpaired) electrons. The fraction of sp³-hybridized carbons (Fsp3) is 0.829. The molecule has 0 unspecified atom stereocenters. The number of hydrogen-bond acceptors (Lipinski definition) is 4. The third-order valence-corrected chi connectivity index (χ3v) is 12.6. The fourth-order valence-electron chi connectivity index (χ4n) is 10.4. The van der Waals surface area contributed by atoms with Gasteiger partial charge in [0.1, 0.15) is 5.75 Å². The van der Waals surface area contributed by atoms with E-state index in [0.29, 0.717) is 30.8 Å². The maximum atomic E-state index is 12.6. The van der Waals surface area contributed by atoms with E-state index in [-0.39, 0.29) is 28.8 Å². The normalized spacial score (nSPS) is 42.5. The molecule has 0 saturated heterocycles. The minimum absolute atomic E-state index is 0.0796. The van der Waals surface area contributed by atoms with Crippen molar-refractivity contribution in [2.45, 2.75) is 130 Å². The Morgan fingerprint density at radius 3 is 2.28 bits per heavy atom. The van der Waals surface area contributed by atoms with Crippen LogP contribution >= 0.6 is 0 Å². The molecule has 4 saturated carbocycles. The standard InChI is InChI=1S/C35H56O4/c1-23(2)8-7-9-24(3)29-14-15-30-34(29,5)19-17-31-33(4)18-16-28(20-26(33)21-32(36)35(30,31)37)39-22-25-10-12-27(38-6)13-11-25/h10-13,23-24,26,28-32,36-37H,7-9,14-22H2,1-6H3/t24-,26-,28-,29-,30-,31-,32-,33+,34-,35+/m1/s1. The topological polar surface area (TPSA) is 58.9 Å². The Balaban J connectivity index is 1.26. The van der Waals surface area contributed by atoms with E-state index in [1.165, 1.54) is 37.7 Å². The summed E-state index contributed by atoms with van der Waals surface area (Å²) in [5, 5.41) is 24.4. The molecule has 0 aromatic heterocycles. The molecule has 4 fully saturated rings. The summed E-state index contributed by atoms with van der Waals surface area (Å²) in [4.78, 5) is 0. The monoisotopic (exact) mass is 540 g/mol. The predicted octanol–water partition coefficient (Wildman–Crippen LogP) is 7.79. The molecule has 0 aliphatic heterocycles. The van der Waals surface area contributed by atoms with E-state index in [1.54, 1.807) is 7.11 Å². The molecule has 4 nitrogen and oxygen atoms in total. The maximum Gasteiger partial charge on any atom is 0.118 e. The van der Waals surface area contributed by atoms with Crippen LogP contribution in [-0.4, -0.2) is 35.1 Å². The van der Waals surface area contributed by atoms with Crippen molar-refractivity contribution in [1.82, 2.24) is 0 Å².